The predicted octanol–water partition coefficient (Wildman–Crippen LogP) is 3.49. The first kappa shape index (κ1) is 15.4. The quantitative estimate of drug-likeness (QED) is 0.385. The number of benzene rings is 2. The minimum atomic E-state index is 0.0999. The first-order valence-electron chi connectivity index (χ1n) is 6.56. The van der Waals surface area contributed by atoms with E-state index in [1.54, 1.807) is 0 Å². The number of oxime groups is 1. The SMILES string of the molecule is Cc1ccccc1CN(C)c1ccc(Br)cc1/C(N)=N/O. The fourth-order valence-corrected chi connectivity index (χ4v) is 2.59. The van der Waals surface area contributed by atoms with Crippen molar-refractivity contribution in [2.45, 2.75) is 13.5 Å². The summed E-state index contributed by atoms with van der Waals surface area (Å²) in [6.07, 6.45) is 0. The number of nitrogens with zero attached hydrogens (tertiary/aromatic N) is 2. The monoisotopic (exact) mass is 347 g/mol. The fraction of sp³-hybridized carbons (Fsp3) is 0.188. The number of aryl methyl sites for hydroxylation is 1. The van der Waals surface area contributed by atoms with Crippen molar-refractivity contribution in [1.29, 1.82) is 0 Å². The molecule has 0 atom stereocenters. The highest BCUT2D eigenvalue weighted by Crippen LogP contribution is 2.25. The first-order valence-corrected chi connectivity index (χ1v) is 7.35. The predicted molar refractivity (Wildman–Crippen MR) is 89.9 cm³/mol. The van der Waals surface area contributed by atoms with Crippen LogP contribution in [0.4, 0.5) is 5.69 Å². The van der Waals surface area contributed by atoms with E-state index >= 15 is 0 Å². The molecule has 0 saturated heterocycles. The van der Waals surface area contributed by atoms with Crippen molar-refractivity contribution < 1.29 is 5.21 Å². The highest BCUT2D eigenvalue weighted by molar-refractivity contribution is 9.10. The average molecular weight is 348 g/mol. The third-order valence-electron chi connectivity index (χ3n) is 3.42. The van der Waals surface area contributed by atoms with Crippen LogP contribution in [0.3, 0.4) is 0 Å². The minimum absolute atomic E-state index is 0.0999. The molecule has 110 valence electrons. The van der Waals surface area contributed by atoms with Gasteiger partial charge >= 0.3 is 0 Å². The Morgan fingerprint density at radius 2 is 2.00 bits per heavy atom. The zero-order chi connectivity index (χ0) is 15.4. The second kappa shape index (κ2) is 6.63. The number of halogens is 1. The number of amidine groups is 1. The maximum atomic E-state index is 8.95. The van der Waals surface area contributed by atoms with Crippen LogP contribution in [0.2, 0.25) is 0 Å². The molecular formula is C16H18BrN3O. The van der Waals surface area contributed by atoms with Crippen LogP contribution in [-0.2, 0) is 6.54 Å². The summed E-state index contributed by atoms with van der Waals surface area (Å²) in [5, 5.41) is 12.1. The number of hydrogen-bond donors (Lipinski definition) is 2. The molecule has 0 amide bonds. The van der Waals surface area contributed by atoms with Crippen molar-refractivity contribution >= 4 is 27.5 Å². The summed E-state index contributed by atoms with van der Waals surface area (Å²) < 4.78 is 0.886. The molecule has 2 aromatic carbocycles. The van der Waals surface area contributed by atoms with Gasteiger partial charge in [0.15, 0.2) is 5.84 Å². The van der Waals surface area contributed by atoms with Crippen molar-refractivity contribution in [3.8, 4) is 0 Å². The van der Waals surface area contributed by atoms with E-state index in [0.29, 0.717) is 5.56 Å². The second-order valence-electron chi connectivity index (χ2n) is 4.93. The normalized spacial score (nSPS) is 11.5. The van der Waals surface area contributed by atoms with Crippen molar-refractivity contribution in [3.05, 3.63) is 63.6 Å². The Morgan fingerprint density at radius 3 is 2.67 bits per heavy atom. The summed E-state index contributed by atoms with van der Waals surface area (Å²) in [4.78, 5) is 2.09. The lowest BCUT2D eigenvalue weighted by atomic mass is 10.1. The van der Waals surface area contributed by atoms with E-state index in [1.807, 2.05) is 37.4 Å². The zero-order valence-corrected chi connectivity index (χ0v) is 13.6. The summed E-state index contributed by atoms with van der Waals surface area (Å²) in [6.45, 7) is 2.84. The smallest absolute Gasteiger partial charge is 0.172 e. The molecule has 0 aliphatic carbocycles. The van der Waals surface area contributed by atoms with Gasteiger partial charge in [-0.3, -0.25) is 0 Å². The summed E-state index contributed by atoms with van der Waals surface area (Å²) >= 11 is 3.41. The maximum Gasteiger partial charge on any atom is 0.172 e. The van der Waals surface area contributed by atoms with Gasteiger partial charge in [0, 0.05) is 29.3 Å². The lowest BCUT2D eigenvalue weighted by molar-refractivity contribution is 0.318. The second-order valence-corrected chi connectivity index (χ2v) is 5.84. The van der Waals surface area contributed by atoms with Gasteiger partial charge in [0.05, 0.1) is 0 Å². The van der Waals surface area contributed by atoms with E-state index in [4.69, 9.17) is 10.9 Å². The van der Waals surface area contributed by atoms with Crippen molar-refractivity contribution in [2.24, 2.45) is 10.9 Å². The Kier molecular flexibility index (Phi) is 4.85. The van der Waals surface area contributed by atoms with Crippen LogP contribution in [0.5, 0.6) is 0 Å². The van der Waals surface area contributed by atoms with Crippen LogP contribution in [0.15, 0.2) is 52.1 Å². The molecule has 0 radical (unpaired) electrons. The van der Waals surface area contributed by atoms with E-state index in [2.05, 4.69) is 45.0 Å². The Morgan fingerprint density at radius 1 is 1.29 bits per heavy atom. The summed E-state index contributed by atoms with van der Waals surface area (Å²) in [6, 6.07) is 14.0. The first-order chi connectivity index (χ1) is 10.0. The molecule has 21 heavy (non-hydrogen) atoms. The van der Waals surface area contributed by atoms with Crippen LogP contribution in [0, 0.1) is 6.92 Å². The van der Waals surface area contributed by atoms with Crippen LogP contribution in [0.25, 0.3) is 0 Å². The molecule has 2 aromatic rings. The highest BCUT2D eigenvalue weighted by Gasteiger charge is 2.12. The molecule has 4 nitrogen and oxygen atoms in total. The molecule has 5 heteroatoms. The number of anilines is 1. The van der Waals surface area contributed by atoms with E-state index in [1.165, 1.54) is 11.1 Å². The van der Waals surface area contributed by atoms with Gasteiger partial charge in [0.1, 0.15) is 0 Å². The summed E-state index contributed by atoms with van der Waals surface area (Å²) in [5.41, 5.74) is 9.87. The molecule has 0 bridgehead atoms. The molecule has 0 unspecified atom stereocenters. The number of rotatable bonds is 4. The molecule has 0 saturated carbocycles. The van der Waals surface area contributed by atoms with E-state index < -0.39 is 0 Å². The van der Waals surface area contributed by atoms with Gasteiger partial charge in [0.25, 0.3) is 0 Å². The van der Waals surface area contributed by atoms with Gasteiger partial charge < -0.3 is 15.8 Å². The maximum absolute atomic E-state index is 8.95. The van der Waals surface area contributed by atoms with Crippen molar-refractivity contribution in [1.82, 2.24) is 0 Å². The Bertz CT molecular complexity index is 670. The van der Waals surface area contributed by atoms with E-state index in [9.17, 15) is 0 Å². The van der Waals surface area contributed by atoms with Gasteiger partial charge in [-0.25, -0.2) is 0 Å². The molecule has 0 heterocycles. The third-order valence-corrected chi connectivity index (χ3v) is 3.92. The molecule has 3 N–H and O–H groups in total. The van der Waals surface area contributed by atoms with Gasteiger partial charge in [-0.05, 0) is 36.2 Å². The third kappa shape index (κ3) is 3.55. The largest absolute Gasteiger partial charge is 0.409 e. The van der Waals surface area contributed by atoms with Gasteiger partial charge in [-0.15, -0.1) is 0 Å². The van der Waals surface area contributed by atoms with Gasteiger partial charge in [-0.1, -0.05) is 45.4 Å². The lowest BCUT2D eigenvalue weighted by Gasteiger charge is -2.23. The number of nitrogens with two attached hydrogens (primary N) is 1. The van der Waals surface area contributed by atoms with Crippen LogP contribution < -0.4 is 10.6 Å². The molecule has 0 spiro atoms. The Hall–Kier alpha value is -2.01. The average Bonchev–Trinajstić information content (AvgIpc) is 2.48. The molecule has 0 fully saturated rings. The zero-order valence-electron chi connectivity index (χ0n) is 12.0. The van der Waals surface area contributed by atoms with Crippen LogP contribution in [-0.4, -0.2) is 18.1 Å². The lowest BCUT2D eigenvalue weighted by Crippen LogP contribution is -2.23. The Balaban J connectivity index is 2.35. The standard InChI is InChI=1S/C16H18BrN3O/c1-11-5-3-4-6-12(11)10-20(2)15-8-7-13(17)9-14(15)16(18)19-21/h3-9,21H,10H2,1-2H3,(H2,18,19). The molecule has 0 aromatic heterocycles. The van der Waals surface area contributed by atoms with Gasteiger partial charge in [-0.2, -0.15) is 0 Å². The molecular weight excluding hydrogens is 330 g/mol. The van der Waals surface area contributed by atoms with Crippen LogP contribution in [0.1, 0.15) is 16.7 Å². The van der Waals surface area contributed by atoms with Crippen LogP contribution >= 0.6 is 15.9 Å². The highest BCUT2D eigenvalue weighted by atomic mass is 79.9. The van der Waals surface area contributed by atoms with E-state index in [-0.39, 0.29) is 5.84 Å². The Labute approximate surface area is 133 Å². The minimum Gasteiger partial charge on any atom is -0.409 e. The van der Waals surface area contributed by atoms with Crippen molar-refractivity contribution in [3.63, 3.8) is 0 Å². The van der Waals surface area contributed by atoms with Gasteiger partial charge in [0.2, 0.25) is 0 Å². The fourth-order valence-electron chi connectivity index (χ4n) is 2.23. The molecule has 2 rings (SSSR count). The molecule has 0 aliphatic heterocycles. The summed E-state index contributed by atoms with van der Waals surface area (Å²) in [5.74, 6) is 0.0999. The molecule has 0 aliphatic rings. The topological polar surface area (TPSA) is 61.8 Å². The number of hydrogen-bond acceptors (Lipinski definition) is 3. The van der Waals surface area contributed by atoms with E-state index in [0.717, 1.165) is 16.7 Å². The van der Waals surface area contributed by atoms with Crippen molar-refractivity contribution in [2.75, 3.05) is 11.9 Å². The summed E-state index contributed by atoms with van der Waals surface area (Å²) in [7, 11) is 1.99.